The Morgan fingerprint density at radius 2 is 1.52 bits per heavy atom. The molecule has 0 radical (unpaired) electrons. The van der Waals surface area contributed by atoms with Crippen LogP contribution in [0, 0.1) is 0 Å². The predicted molar refractivity (Wildman–Crippen MR) is 133 cm³/mol. The van der Waals surface area contributed by atoms with Crippen LogP contribution < -0.4 is 4.90 Å². The molecule has 0 saturated carbocycles. The van der Waals surface area contributed by atoms with Crippen molar-refractivity contribution in [2.45, 2.75) is 65.2 Å². The molecule has 0 N–H and O–H groups in total. The zero-order valence-corrected chi connectivity index (χ0v) is 19.7. The third kappa shape index (κ3) is 2.75. The summed E-state index contributed by atoms with van der Waals surface area (Å²) in [6.45, 7) is 13.9. The minimum absolute atomic E-state index is 0.00773. The molecule has 0 fully saturated rings. The average molecular weight is 408 g/mol. The van der Waals surface area contributed by atoms with Gasteiger partial charge in [0.1, 0.15) is 0 Å². The second-order valence-corrected chi connectivity index (χ2v) is 10.2. The average Bonchev–Trinajstić information content (AvgIpc) is 2.99. The Morgan fingerprint density at radius 3 is 2.26 bits per heavy atom. The number of hydrogen-bond donors (Lipinski definition) is 0. The van der Waals surface area contributed by atoms with Gasteiger partial charge < -0.3 is 4.90 Å². The molecule has 0 unspecified atom stereocenters. The first-order valence-corrected chi connectivity index (χ1v) is 11.6. The number of para-hydroxylation sites is 1. The molecule has 1 heterocycles. The molecule has 3 aliphatic rings. The molecule has 2 aliphatic carbocycles. The molecule has 1 nitrogen and oxygen atoms in total. The highest BCUT2D eigenvalue weighted by Crippen LogP contribution is 2.53. The molecule has 1 heteroatoms. The van der Waals surface area contributed by atoms with Gasteiger partial charge in [0.25, 0.3) is 0 Å². The highest BCUT2D eigenvalue weighted by Gasteiger charge is 2.41. The van der Waals surface area contributed by atoms with Gasteiger partial charge in [-0.2, -0.15) is 0 Å². The van der Waals surface area contributed by atoms with Crippen molar-refractivity contribution in [1.29, 1.82) is 0 Å². The summed E-state index contributed by atoms with van der Waals surface area (Å²) in [4.78, 5) is 2.54. The van der Waals surface area contributed by atoms with Crippen molar-refractivity contribution < 1.29 is 0 Å². The van der Waals surface area contributed by atoms with Crippen LogP contribution in [0.2, 0.25) is 0 Å². The lowest BCUT2D eigenvalue weighted by atomic mass is 9.72. The summed E-state index contributed by atoms with van der Waals surface area (Å²) in [6.07, 6.45) is 9.17. The van der Waals surface area contributed by atoms with Crippen LogP contribution in [0.15, 0.2) is 89.3 Å². The minimum atomic E-state index is -0.00773. The van der Waals surface area contributed by atoms with E-state index in [9.17, 15) is 0 Å². The van der Waals surface area contributed by atoms with Gasteiger partial charge in [0.05, 0.1) is 0 Å². The van der Waals surface area contributed by atoms with Crippen LogP contribution in [0.1, 0.15) is 71.1 Å². The summed E-state index contributed by atoms with van der Waals surface area (Å²) in [5.74, 6) is 0. The van der Waals surface area contributed by atoms with E-state index in [1.54, 1.807) is 5.57 Å². The predicted octanol–water partition coefficient (Wildman–Crippen LogP) is 8.06. The van der Waals surface area contributed by atoms with Crippen molar-refractivity contribution >= 4 is 11.3 Å². The van der Waals surface area contributed by atoms with E-state index in [2.05, 4.69) is 113 Å². The van der Waals surface area contributed by atoms with E-state index < -0.39 is 0 Å². The van der Waals surface area contributed by atoms with Gasteiger partial charge in [0.2, 0.25) is 0 Å². The zero-order chi connectivity index (χ0) is 22.0. The lowest BCUT2D eigenvalue weighted by Crippen LogP contribution is -2.35. The van der Waals surface area contributed by atoms with Crippen molar-refractivity contribution in [3.63, 3.8) is 0 Å². The number of anilines is 1. The number of fused-ring (bicyclic) bond motifs is 3. The minimum Gasteiger partial charge on any atom is -0.318 e. The Kier molecular flexibility index (Phi) is 4.45. The normalized spacial score (nSPS) is 21.2. The fourth-order valence-electron chi connectivity index (χ4n) is 6.13. The maximum atomic E-state index is 2.54. The van der Waals surface area contributed by atoms with Crippen LogP contribution in [0.4, 0.5) is 5.69 Å². The molecule has 0 aromatic heterocycles. The molecule has 0 saturated heterocycles. The van der Waals surface area contributed by atoms with Crippen LogP contribution in [0.3, 0.4) is 0 Å². The van der Waals surface area contributed by atoms with Crippen molar-refractivity contribution in [2.24, 2.45) is 0 Å². The molecular formula is C30H33N. The van der Waals surface area contributed by atoms with Gasteiger partial charge in [-0.15, -0.1) is 0 Å². The molecule has 0 atom stereocenters. The van der Waals surface area contributed by atoms with E-state index in [4.69, 9.17) is 0 Å². The van der Waals surface area contributed by atoms with Crippen molar-refractivity contribution in [1.82, 2.24) is 0 Å². The second kappa shape index (κ2) is 6.85. The summed E-state index contributed by atoms with van der Waals surface area (Å²) in [6, 6.07) is 18.0. The summed E-state index contributed by atoms with van der Waals surface area (Å²) in [5.41, 5.74) is 12.9. The Hall–Kier alpha value is -2.80. The molecule has 2 aromatic carbocycles. The maximum Gasteiger partial charge on any atom is 0.0496 e. The van der Waals surface area contributed by atoms with Gasteiger partial charge in [-0.05, 0) is 72.2 Å². The highest BCUT2D eigenvalue weighted by molar-refractivity contribution is 5.84. The number of allylic oxidation sites excluding steroid dienone is 8. The third-order valence-corrected chi connectivity index (χ3v) is 7.70. The monoisotopic (exact) mass is 407 g/mol. The number of rotatable bonds is 2. The van der Waals surface area contributed by atoms with Gasteiger partial charge in [0.15, 0.2) is 0 Å². The van der Waals surface area contributed by atoms with Crippen LogP contribution >= 0.6 is 0 Å². The van der Waals surface area contributed by atoms with Crippen LogP contribution in [-0.4, -0.2) is 0 Å². The van der Waals surface area contributed by atoms with Crippen LogP contribution in [0.5, 0.6) is 0 Å². The topological polar surface area (TPSA) is 3.24 Å². The van der Waals surface area contributed by atoms with E-state index in [0.717, 1.165) is 12.8 Å². The van der Waals surface area contributed by atoms with Crippen molar-refractivity contribution in [3.05, 3.63) is 106 Å². The summed E-state index contributed by atoms with van der Waals surface area (Å²) in [7, 11) is 0. The third-order valence-electron chi connectivity index (χ3n) is 7.70. The van der Waals surface area contributed by atoms with E-state index >= 15 is 0 Å². The molecule has 2 aromatic rings. The lowest BCUT2D eigenvalue weighted by molar-refractivity contribution is 0.610. The first-order valence-electron chi connectivity index (χ1n) is 11.6. The second-order valence-electron chi connectivity index (χ2n) is 10.2. The first-order chi connectivity index (χ1) is 14.8. The number of nitrogens with zero attached hydrogens (tertiary/aromatic N) is 1. The first kappa shape index (κ1) is 20.1. The Labute approximate surface area is 187 Å². The van der Waals surface area contributed by atoms with Crippen molar-refractivity contribution in [3.8, 4) is 0 Å². The fourth-order valence-corrected chi connectivity index (χ4v) is 6.13. The van der Waals surface area contributed by atoms with E-state index in [1.807, 2.05) is 0 Å². The Bertz CT molecular complexity index is 1200. The summed E-state index contributed by atoms with van der Waals surface area (Å²) in [5, 5.41) is 0. The van der Waals surface area contributed by atoms with E-state index in [-0.39, 0.29) is 10.8 Å². The molecule has 31 heavy (non-hydrogen) atoms. The number of hydrogen-bond acceptors (Lipinski definition) is 1. The SMILES string of the molecule is CC=CC1=C(C)N(C2=CC3=C(CC2)c2ccccc2C3(C)C)c2ccccc2C1(C)C. The quantitative estimate of drug-likeness (QED) is 0.486. The molecule has 158 valence electrons. The van der Waals surface area contributed by atoms with Crippen molar-refractivity contribution in [2.75, 3.05) is 4.90 Å². The van der Waals surface area contributed by atoms with Crippen LogP contribution in [0.25, 0.3) is 5.57 Å². The number of benzene rings is 2. The van der Waals surface area contributed by atoms with E-state index in [1.165, 1.54) is 44.9 Å². The molecule has 5 rings (SSSR count). The molecule has 1 aliphatic heterocycles. The molecular weight excluding hydrogens is 374 g/mol. The Balaban J connectivity index is 1.70. The van der Waals surface area contributed by atoms with Gasteiger partial charge in [-0.25, -0.2) is 0 Å². The summed E-state index contributed by atoms with van der Waals surface area (Å²) < 4.78 is 0. The van der Waals surface area contributed by atoms with E-state index in [0.29, 0.717) is 0 Å². The highest BCUT2D eigenvalue weighted by atomic mass is 15.2. The largest absolute Gasteiger partial charge is 0.318 e. The smallest absolute Gasteiger partial charge is 0.0496 e. The Morgan fingerprint density at radius 1 is 0.839 bits per heavy atom. The maximum absolute atomic E-state index is 2.54. The van der Waals surface area contributed by atoms with Gasteiger partial charge in [-0.1, -0.05) is 82.3 Å². The zero-order valence-electron chi connectivity index (χ0n) is 19.7. The standard InChI is InChI=1S/C30H33N/c1-7-12-24-20(2)31(28-16-11-10-15-26(28)29(24,3)4)21-17-18-23-22-13-8-9-14-25(22)30(5,6)27(23)19-21/h7-16,19H,17-18H2,1-6H3. The molecule has 0 amide bonds. The van der Waals surface area contributed by atoms with Gasteiger partial charge in [0, 0.05) is 27.9 Å². The summed E-state index contributed by atoms with van der Waals surface area (Å²) >= 11 is 0. The molecule has 0 bridgehead atoms. The lowest BCUT2D eigenvalue weighted by Gasteiger charge is -2.44. The van der Waals surface area contributed by atoms with Gasteiger partial charge >= 0.3 is 0 Å². The molecule has 0 spiro atoms. The van der Waals surface area contributed by atoms with Crippen LogP contribution in [-0.2, 0) is 10.8 Å². The fraction of sp³-hybridized carbons (Fsp3) is 0.333. The van der Waals surface area contributed by atoms with Gasteiger partial charge in [-0.3, -0.25) is 0 Å².